The maximum absolute atomic E-state index is 5.77. The minimum atomic E-state index is -0.951. The van der Waals surface area contributed by atoms with Crippen LogP contribution in [0.15, 0.2) is 0 Å². The molecule has 8 rings (SSSR count). The molecular weight excluding hydrogens is 108 g/mol. The fourth-order valence-electron chi connectivity index (χ4n) is 6.34. The van der Waals surface area contributed by atoms with Crippen LogP contribution in [0.4, 0.5) is 0 Å². The van der Waals surface area contributed by atoms with E-state index in [-0.39, 0.29) is 0 Å². The molecule has 1 saturated carbocycles. The molecule has 2 heteroatoms. The first-order valence-corrected chi connectivity index (χ1v) is 5.61. The summed E-state index contributed by atoms with van der Waals surface area (Å²) in [6.07, 6.45) is 0. The molecule has 5 atom stereocenters. The van der Waals surface area contributed by atoms with Crippen LogP contribution in [0.3, 0.4) is 0 Å². The first-order valence-electron chi connectivity index (χ1n) is 3.11. The predicted molar refractivity (Wildman–Crippen MR) is 24.4 cm³/mol. The molecule has 7 saturated heterocycles. The van der Waals surface area contributed by atoms with Gasteiger partial charge < -0.3 is 4.18 Å². The van der Waals surface area contributed by atoms with Crippen molar-refractivity contribution in [1.82, 2.24) is 0 Å². The first-order chi connectivity index (χ1) is 3.38. The van der Waals surface area contributed by atoms with E-state index >= 15 is 0 Å². The van der Waals surface area contributed by atoms with Gasteiger partial charge in [-0.1, -0.05) is 0 Å². The maximum Gasteiger partial charge on any atom is 0.147 e. The summed E-state index contributed by atoms with van der Waals surface area (Å²) < 4.78 is 8.01. The van der Waals surface area contributed by atoms with Gasteiger partial charge in [0.25, 0.3) is 0 Å². The van der Waals surface area contributed by atoms with Crippen LogP contribution < -0.4 is 0 Å². The van der Waals surface area contributed by atoms with E-state index in [1.807, 2.05) is 0 Å². The molecule has 7 heterocycles. The summed E-state index contributed by atoms with van der Waals surface area (Å²) in [6.45, 7) is 0. The summed E-state index contributed by atoms with van der Waals surface area (Å²) in [7, 11) is -0.951. The van der Waals surface area contributed by atoms with Crippen molar-refractivity contribution in [2.45, 2.75) is 24.9 Å². The maximum atomic E-state index is 5.77. The van der Waals surface area contributed by atoms with Crippen LogP contribution in [-0.2, 0) is 4.18 Å². The summed E-state index contributed by atoms with van der Waals surface area (Å²) in [5.41, 5.74) is 0. The van der Waals surface area contributed by atoms with E-state index in [0.29, 0.717) is 0 Å². The fourth-order valence-corrected chi connectivity index (χ4v) is 21.6. The molecule has 3 spiro atoms. The van der Waals surface area contributed by atoms with Gasteiger partial charge in [0.15, 0.2) is 0 Å². The van der Waals surface area contributed by atoms with E-state index < -0.39 is 8.58 Å². The van der Waals surface area contributed by atoms with Crippen LogP contribution in [0, 0.1) is 0 Å². The fraction of sp³-hybridized carbons (Fsp3) is 1.00. The van der Waals surface area contributed by atoms with E-state index in [2.05, 4.69) is 0 Å². The third-order valence-electron chi connectivity index (χ3n) is 6.15. The standard InChI is InChI=1S/C5H2OS/c6-5-2-3-1-4(3,5)7(1,2,3,5)6/h1-2H/t1-,2+,3-,4-,5+/m1/s1. The number of hydrogen-bond acceptors (Lipinski definition) is 1. The Balaban J connectivity index is 2.71. The van der Waals surface area contributed by atoms with Gasteiger partial charge in [-0.25, -0.2) is 0 Å². The summed E-state index contributed by atoms with van der Waals surface area (Å²) in [5.74, 6) is 0. The van der Waals surface area contributed by atoms with Gasteiger partial charge in [-0.2, -0.15) is 0 Å². The van der Waals surface area contributed by atoms with Crippen molar-refractivity contribution in [3.05, 3.63) is 0 Å². The largest absolute Gasteiger partial charge is 0.328 e. The molecule has 0 aromatic heterocycles. The lowest BCUT2D eigenvalue weighted by Gasteiger charge is -2.17. The molecule has 8 aliphatic rings. The lowest BCUT2D eigenvalue weighted by molar-refractivity contribution is 0.234. The van der Waals surface area contributed by atoms with Crippen LogP contribution in [0.25, 0.3) is 0 Å². The van der Waals surface area contributed by atoms with Crippen molar-refractivity contribution in [3.63, 3.8) is 0 Å². The highest BCUT2D eigenvalue weighted by Crippen LogP contribution is 4.03. The Kier molecular flexibility index (Phi) is 0.0257. The summed E-state index contributed by atoms with van der Waals surface area (Å²) in [6, 6.07) is 0. The van der Waals surface area contributed by atoms with Gasteiger partial charge in [0.05, 0.1) is 14.7 Å². The smallest absolute Gasteiger partial charge is 0.147 e. The molecule has 34 valence electrons. The van der Waals surface area contributed by atoms with Crippen molar-refractivity contribution in [2.24, 2.45) is 0 Å². The van der Waals surface area contributed by atoms with Gasteiger partial charge in [-0.3, -0.25) is 0 Å². The van der Waals surface area contributed by atoms with E-state index in [1.54, 1.807) is 0 Å². The van der Waals surface area contributed by atoms with Gasteiger partial charge in [-0.15, -0.1) is 8.58 Å². The molecule has 0 aromatic carbocycles. The second-order valence-corrected chi connectivity index (χ2v) is 10.9. The molecule has 0 unspecified atom stereocenters. The first kappa shape index (κ1) is 1.64. The van der Waals surface area contributed by atoms with Crippen molar-refractivity contribution >= 4 is 8.58 Å². The van der Waals surface area contributed by atoms with Gasteiger partial charge >= 0.3 is 0 Å². The summed E-state index contributed by atoms with van der Waals surface area (Å²) in [5, 5.41) is 2.65. The lowest BCUT2D eigenvalue weighted by atomic mass is 9.97. The van der Waals surface area contributed by atoms with Crippen molar-refractivity contribution in [1.29, 1.82) is 0 Å². The van der Waals surface area contributed by atoms with Crippen LogP contribution >= 0.6 is 8.58 Å². The van der Waals surface area contributed by atoms with Crippen LogP contribution in [0.1, 0.15) is 0 Å². The normalized spacial score (nSPS) is 158. The van der Waals surface area contributed by atoms with Crippen molar-refractivity contribution in [3.8, 4) is 0 Å². The Bertz CT molecular complexity index is 369. The molecule has 0 radical (unpaired) electrons. The quantitative estimate of drug-likeness (QED) is 0.393. The Hall–Kier alpha value is 0.310. The van der Waals surface area contributed by atoms with Crippen LogP contribution in [-0.4, -0.2) is 24.9 Å². The Morgan fingerprint density at radius 1 is 1.43 bits per heavy atom. The third kappa shape index (κ3) is 0.0119. The zero-order chi connectivity index (χ0) is 3.77. The van der Waals surface area contributed by atoms with Crippen molar-refractivity contribution in [2.75, 3.05) is 0 Å². The molecular formula is C5H2OS. The van der Waals surface area contributed by atoms with E-state index in [4.69, 9.17) is 4.18 Å². The second-order valence-electron chi connectivity index (χ2n) is 4.63. The van der Waals surface area contributed by atoms with E-state index in [9.17, 15) is 0 Å². The summed E-state index contributed by atoms with van der Waals surface area (Å²) in [4.78, 5) is 0.817. The molecule has 0 amide bonds. The van der Waals surface area contributed by atoms with Gasteiger partial charge in [-0.05, 0) is 0 Å². The predicted octanol–water partition coefficient (Wildman–Crippen LogP) is -0.200. The molecule has 7 aliphatic heterocycles. The molecule has 7 heavy (non-hydrogen) atoms. The molecule has 0 aromatic rings. The zero-order valence-electron chi connectivity index (χ0n) is 3.47. The van der Waals surface area contributed by atoms with E-state index in [0.717, 1.165) is 14.4 Å². The highest BCUT2D eigenvalue weighted by Gasteiger charge is 3.98. The molecule has 0 bridgehead atoms. The number of hydrogen-bond donors (Lipinski definition) is 0. The van der Waals surface area contributed by atoms with Gasteiger partial charge in [0, 0.05) is 5.25 Å². The third-order valence-corrected chi connectivity index (χ3v) is 16.3. The molecule has 8 fully saturated rings. The monoisotopic (exact) mass is 110 g/mol. The lowest BCUT2D eigenvalue weighted by Crippen LogP contribution is -2.35. The minimum absolute atomic E-state index is 0.817. The van der Waals surface area contributed by atoms with E-state index in [1.165, 1.54) is 10.5 Å². The minimum Gasteiger partial charge on any atom is -0.328 e. The Morgan fingerprint density at radius 3 is 2.29 bits per heavy atom. The number of rotatable bonds is 0. The molecule has 1 aliphatic carbocycles. The SMILES string of the molecule is O1[C@]23[C@@H]4[C@]56[C@@H]7[C@@]52S17463. The molecule has 0 N–H and O–H groups in total. The Labute approximate surface area is 38.5 Å². The zero-order valence-corrected chi connectivity index (χ0v) is 4.29. The topological polar surface area (TPSA) is 12.5 Å². The highest BCUT2D eigenvalue weighted by molar-refractivity contribution is 9.07. The second kappa shape index (κ2) is 0.109. The van der Waals surface area contributed by atoms with Crippen LogP contribution in [0.2, 0.25) is 0 Å². The average molecular weight is 110 g/mol. The average Bonchev–Trinajstić information content (AvgIpc) is 2.26. The van der Waals surface area contributed by atoms with Gasteiger partial charge in [0.2, 0.25) is 0 Å². The van der Waals surface area contributed by atoms with Gasteiger partial charge in [0.1, 0.15) is 4.93 Å². The highest BCUT2D eigenvalue weighted by atomic mass is 32.4. The summed E-state index contributed by atoms with van der Waals surface area (Å²) >= 11 is 0. The van der Waals surface area contributed by atoms with Crippen molar-refractivity contribution < 1.29 is 4.18 Å². The molecule has 1 nitrogen and oxygen atoms in total. The Morgan fingerprint density at radius 2 is 2.29 bits per heavy atom. The van der Waals surface area contributed by atoms with Crippen LogP contribution in [0.5, 0.6) is 0 Å².